The van der Waals surface area contributed by atoms with Crippen LogP contribution in [0.1, 0.15) is 48.4 Å². The highest BCUT2D eigenvalue weighted by molar-refractivity contribution is 7.18. The maximum absolute atomic E-state index is 12.7. The second kappa shape index (κ2) is 9.84. The van der Waals surface area contributed by atoms with E-state index in [1.165, 1.54) is 0 Å². The number of amides is 1. The molecule has 0 unspecified atom stereocenters. The van der Waals surface area contributed by atoms with Crippen molar-refractivity contribution in [3.8, 4) is 0 Å². The van der Waals surface area contributed by atoms with Gasteiger partial charge >= 0.3 is 11.9 Å². The fraction of sp³-hybridized carbons (Fsp3) is 0.174. The van der Waals surface area contributed by atoms with Crippen molar-refractivity contribution in [1.82, 2.24) is 0 Å². The van der Waals surface area contributed by atoms with Crippen LogP contribution in [0.4, 0.5) is 5.00 Å². The molecular formula is C23H21NO5S. The molecule has 1 N–H and O–H groups in total. The number of hydrogen-bond acceptors (Lipinski definition) is 6. The molecule has 0 saturated carbocycles. The number of benzene rings is 2. The molecule has 1 heterocycles. The maximum atomic E-state index is 12.7. The highest BCUT2D eigenvalue weighted by atomic mass is 32.1. The Hall–Kier alpha value is -3.45. The van der Waals surface area contributed by atoms with Gasteiger partial charge in [0.25, 0.3) is 5.91 Å². The number of thiophene rings is 1. The van der Waals surface area contributed by atoms with Gasteiger partial charge in [-0.15, -0.1) is 11.3 Å². The van der Waals surface area contributed by atoms with Crippen LogP contribution in [0.15, 0.2) is 60.7 Å². The highest BCUT2D eigenvalue weighted by Gasteiger charge is 2.27. The molecule has 1 amide bonds. The first-order valence-corrected chi connectivity index (χ1v) is 10.2. The Bertz CT molecular complexity index is 1040. The fourth-order valence-electron chi connectivity index (χ4n) is 2.80. The molecule has 0 fully saturated rings. The van der Waals surface area contributed by atoms with Gasteiger partial charge in [0.2, 0.25) is 0 Å². The average Bonchev–Trinajstić information content (AvgIpc) is 3.09. The third kappa shape index (κ3) is 4.93. The predicted octanol–water partition coefficient (Wildman–Crippen LogP) is 4.84. The van der Waals surface area contributed by atoms with Gasteiger partial charge in [-0.05, 0) is 37.1 Å². The van der Waals surface area contributed by atoms with E-state index in [4.69, 9.17) is 9.47 Å². The molecule has 154 valence electrons. The van der Waals surface area contributed by atoms with Crippen molar-refractivity contribution in [2.75, 3.05) is 11.9 Å². The lowest BCUT2D eigenvalue weighted by Gasteiger charge is -2.07. The molecule has 2 aromatic carbocycles. The summed E-state index contributed by atoms with van der Waals surface area (Å²) in [5.41, 5.74) is 1.87. The lowest BCUT2D eigenvalue weighted by Crippen LogP contribution is -2.14. The molecule has 6 nitrogen and oxygen atoms in total. The molecule has 0 aliphatic rings. The topological polar surface area (TPSA) is 81.7 Å². The summed E-state index contributed by atoms with van der Waals surface area (Å²) in [6.07, 6.45) is 0. The summed E-state index contributed by atoms with van der Waals surface area (Å²) in [6.45, 7) is 3.61. The molecular weight excluding hydrogens is 402 g/mol. The Labute approximate surface area is 178 Å². The molecule has 0 atom stereocenters. The molecule has 7 heteroatoms. The van der Waals surface area contributed by atoms with Gasteiger partial charge in [0, 0.05) is 5.56 Å². The molecule has 3 rings (SSSR count). The molecule has 0 radical (unpaired) electrons. The van der Waals surface area contributed by atoms with Gasteiger partial charge in [-0.25, -0.2) is 9.59 Å². The van der Waals surface area contributed by atoms with Crippen molar-refractivity contribution < 1.29 is 23.9 Å². The van der Waals surface area contributed by atoms with E-state index in [1.54, 1.807) is 44.2 Å². The van der Waals surface area contributed by atoms with Crippen LogP contribution in [0.5, 0.6) is 0 Å². The second-order valence-electron chi connectivity index (χ2n) is 6.36. The van der Waals surface area contributed by atoms with Gasteiger partial charge in [-0.2, -0.15) is 0 Å². The first kappa shape index (κ1) is 21.3. The largest absolute Gasteiger partial charge is 0.462 e. The van der Waals surface area contributed by atoms with Crippen LogP contribution in [0.3, 0.4) is 0 Å². The van der Waals surface area contributed by atoms with Gasteiger partial charge in [-0.1, -0.05) is 48.5 Å². The quantitative estimate of drug-likeness (QED) is 0.550. The number of ether oxygens (including phenoxy) is 2. The Morgan fingerprint density at radius 3 is 2.17 bits per heavy atom. The summed E-state index contributed by atoms with van der Waals surface area (Å²) in [5.74, 6) is -1.55. The van der Waals surface area contributed by atoms with Crippen molar-refractivity contribution in [2.45, 2.75) is 20.5 Å². The molecule has 0 aliphatic carbocycles. The minimum atomic E-state index is -0.600. The third-order valence-electron chi connectivity index (χ3n) is 4.29. The zero-order valence-electron chi connectivity index (χ0n) is 16.6. The Morgan fingerprint density at radius 2 is 1.53 bits per heavy atom. The summed E-state index contributed by atoms with van der Waals surface area (Å²) in [4.78, 5) is 38.0. The van der Waals surface area contributed by atoms with E-state index in [0.29, 0.717) is 11.1 Å². The van der Waals surface area contributed by atoms with Crippen LogP contribution in [0, 0.1) is 6.92 Å². The predicted molar refractivity (Wildman–Crippen MR) is 115 cm³/mol. The Balaban J connectivity index is 1.86. The SMILES string of the molecule is CCOC(=O)c1c(NC(=O)c2ccccc2)sc(C(=O)OCc2ccccc2)c1C. The number of hydrogen-bond donors (Lipinski definition) is 1. The van der Waals surface area contributed by atoms with Crippen LogP contribution >= 0.6 is 11.3 Å². The van der Waals surface area contributed by atoms with Gasteiger partial charge in [0.15, 0.2) is 0 Å². The molecule has 3 aromatic rings. The molecule has 0 aliphatic heterocycles. The summed E-state index contributed by atoms with van der Waals surface area (Å²) < 4.78 is 10.5. The third-order valence-corrected chi connectivity index (χ3v) is 5.47. The molecule has 30 heavy (non-hydrogen) atoms. The van der Waals surface area contributed by atoms with Crippen molar-refractivity contribution >= 4 is 34.2 Å². The summed E-state index contributed by atoms with van der Waals surface area (Å²) in [5, 5.41) is 2.98. The smallest absolute Gasteiger partial charge is 0.349 e. The first-order valence-electron chi connectivity index (χ1n) is 9.39. The molecule has 0 bridgehead atoms. The normalized spacial score (nSPS) is 10.3. The second-order valence-corrected chi connectivity index (χ2v) is 7.38. The minimum absolute atomic E-state index is 0.109. The van der Waals surface area contributed by atoms with Crippen molar-refractivity contribution in [1.29, 1.82) is 0 Å². The zero-order chi connectivity index (χ0) is 21.5. The van der Waals surface area contributed by atoms with Crippen molar-refractivity contribution in [3.05, 3.63) is 87.8 Å². The monoisotopic (exact) mass is 423 g/mol. The first-order chi connectivity index (χ1) is 14.5. The Morgan fingerprint density at radius 1 is 0.900 bits per heavy atom. The van der Waals surface area contributed by atoms with Crippen molar-refractivity contribution in [2.24, 2.45) is 0 Å². The fourth-order valence-corrected chi connectivity index (χ4v) is 3.88. The maximum Gasteiger partial charge on any atom is 0.349 e. The number of nitrogens with one attached hydrogen (secondary N) is 1. The van der Waals surface area contributed by atoms with E-state index in [-0.39, 0.29) is 34.6 Å². The summed E-state index contributed by atoms with van der Waals surface area (Å²) in [6, 6.07) is 17.9. The lowest BCUT2D eigenvalue weighted by atomic mass is 10.1. The Kier molecular flexibility index (Phi) is 6.98. The van der Waals surface area contributed by atoms with Crippen LogP contribution in [-0.2, 0) is 16.1 Å². The number of anilines is 1. The minimum Gasteiger partial charge on any atom is -0.462 e. The number of esters is 2. The van der Waals surface area contributed by atoms with Crippen LogP contribution in [0.2, 0.25) is 0 Å². The van der Waals surface area contributed by atoms with E-state index >= 15 is 0 Å². The summed E-state index contributed by atoms with van der Waals surface area (Å²) in [7, 11) is 0. The van der Waals surface area contributed by atoms with Gasteiger partial charge < -0.3 is 14.8 Å². The van der Waals surface area contributed by atoms with Gasteiger partial charge in [0.05, 0.1) is 12.2 Å². The van der Waals surface area contributed by atoms with Gasteiger partial charge in [0.1, 0.15) is 16.5 Å². The van der Waals surface area contributed by atoms with E-state index in [0.717, 1.165) is 16.9 Å². The lowest BCUT2D eigenvalue weighted by molar-refractivity contribution is 0.0477. The number of carbonyl (C=O) groups excluding carboxylic acids is 3. The van der Waals surface area contributed by atoms with E-state index in [9.17, 15) is 14.4 Å². The molecule has 1 aromatic heterocycles. The molecule has 0 spiro atoms. The van der Waals surface area contributed by atoms with Crippen LogP contribution in [0.25, 0.3) is 0 Å². The van der Waals surface area contributed by atoms with Gasteiger partial charge in [-0.3, -0.25) is 4.79 Å². The van der Waals surface area contributed by atoms with E-state index in [2.05, 4.69) is 5.32 Å². The van der Waals surface area contributed by atoms with Crippen LogP contribution < -0.4 is 5.32 Å². The standard InChI is InChI=1S/C23H21NO5S/c1-3-28-22(26)18-15(2)19(23(27)29-14-16-10-6-4-7-11-16)30-21(18)24-20(25)17-12-8-5-9-13-17/h4-13H,3,14H2,1-2H3,(H,24,25). The summed E-state index contributed by atoms with van der Waals surface area (Å²) >= 11 is 0.999. The van der Waals surface area contributed by atoms with Crippen LogP contribution in [-0.4, -0.2) is 24.5 Å². The number of rotatable bonds is 7. The van der Waals surface area contributed by atoms with E-state index in [1.807, 2.05) is 30.3 Å². The molecule has 0 saturated heterocycles. The number of carbonyl (C=O) groups is 3. The zero-order valence-corrected chi connectivity index (χ0v) is 17.5. The average molecular weight is 423 g/mol. The van der Waals surface area contributed by atoms with E-state index < -0.39 is 11.9 Å². The van der Waals surface area contributed by atoms with Crippen molar-refractivity contribution in [3.63, 3.8) is 0 Å². The highest BCUT2D eigenvalue weighted by Crippen LogP contribution is 2.34.